The quantitative estimate of drug-likeness (QED) is 0.599. The van der Waals surface area contributed by atoms with Crippen molar-refractivity contribution in [3.05, 3.63) is 65.0 Å². The molecule has 1 atom stereocenters. The average molecular weight is 307 g/mol. The number of Topliss-reactive ketones (excluding diaryl/α,β-unsaturated/α-hetero) is 1. The maximum Gasteiger partial charge on any atom is 0.184 e. The summed E-state index contributed by atoms with van der Waals surface area (Å²) < 4.78 is 19.2. The van der Waals surface area contributed by atoms with Crippen LogP contribution in [0, 0.1) is 12.7 Å². The van der Waals surface area contributed by atoms with Gasteiger partial charge in [-0.25, -0.2) is 4.39 Å². The highest BCUT2D eigenvalue weighted by Crippen LogP contribution is 2.24. The second-order valence-electron chi connectivity index (χ2n) is 4.86. The molecule has 0 saturated carbocycles. The molecule has 0 bridgehead atoms. The topological polar surface area (TPSA) is 26.3 Å². The largest absolute Gasteiger partial charge is 0.488 e. The number of alkyl halides is 1. The summed E-state index contributed by atoms with van der Waals surface area (Å²) in [6.07, 6.45) is 0. The number of rotatable bonds is 5. The maximum atomic E-state index is 13.6. The van der Waals surface area contributed by atoms with Gasteiger partial charge in [0.1, 0.15) is 18.2 Å². The fourth-order valence-corrected chi connectivity index (χ4v) is 2.07. The Kier molecular flexibility index (Phi) is 4.97. The summed E-state index contributed by atoms with van der Waals surface area (Å²) in [5, 5.41) is -0.636. The SMILES string of the molecule is Cc1ccc(OCc2ccccc2F)c(C(=O)C(C)Cl)c1. The summed E-state index contributed by atoms with van der Waals surface area (Å²) >= 11 is 5.86. The van der Waals surface area contributed by atoms with Gasteiger partial charge in [0.2, 0.25) is 0 Å². The summed E-state index contributed by atoms with van der Waals surface area (Å²) in [4.78, 5) is 12.1. The number of aryl methyl sites for hydroxylation is 1. The van der Waals surface area contributed by atoms with Crippen molar-refractivity contribution >= 4 is 17.4 Å². The van der Waals surface area contributed by atoms with Crippen molar-refractivity contribution in [1.82, 2.24) is 0 Å². The minimum absolute atomic E-state index is 0.0622. The predicted octanol–water partition coefficient (Wildman–Crippen LogP) is 4.52. The van der Waals surface area contributed by atoms with Crippen LogP contribution in [0.5, 0.6) is 5.75 Å². The first kappa shape index (κ1) is 15.5. The van der Waals surface area contributed by atoms with Crippen LogP contribution in [-0.2, 0) is 6.61 Å². The third-order valence-corrected chi connectivity index (χ3v) is 3.30. The van der Waals surface area contributed by atoms with Crippen LogP contribution < -0.4 is 4.74 Å². The summed E-state index contributed by atoms with van der Waals surface area (Å²) in [6.45, 7) is 3.57. The molecule has 0 spiro atoms. The lowest BCUT2D eigenvalue weighted by Crippen LogP contribution is -2.13. The van der Waals surface area contributed by atoms with Gasteiger partial charge in [0.05, 0.1) is 10.9 Å². The molecule has 0 aliphatic carbocycles. The van der Waals surface area contributed by atoms with Crippen LogP contribution in [0.15, 0.2) is 42.5 Å². The molecular formula is C17H16ClFO2. The number of hydrogen-bond acceptors (Lipinski definition) is 2. The molecule has 0 aliphatic heterocycles. The number of ketones is 1. The number of carbonyl (C=O) groups excluding carboxylic acids is 1. The molecule has 0 amide bonds. The highest BCUT2D eigenvalue weighted by Gasteiger charge is 2.18. The standard InChI is InChI=1S/C17H16ClFO2/c1-11-7-8-16(14(9-11)17(20)12(2)18)21-10-13-5-3-4-6-15(13)19/h3-9,12H,10H2,1-2H3. The highest BCUT2D eigenvalue weighted by molar-refractivity contribution is 6.33. The zero-order valence-electron chi connectivity index (χ0n) is 11.9. The molecular weight excluding hydrogens is 291 g/mol. The van der Waals surface area contributed by atoms with Gasteiger partial charge >= 0.3 is 0 Å². The van der Waals surface area contributed by atoms with Crippen molar-refractivity contribution in [1.29, 1.82) is 0 Å². The maximum absolute atomic E-state index is 13.6. The summed E-state index contributed by atoms with van der Waals surface area (Å²) in [6, 6.07) is 11.7. The fraction of sp³-hybridized carbons (Fsp3) is 0.235. The van der Waals surface area contributed by atoms with Gasteiger partial charge in [-0.2, -0.15) is 0 Å². The molecule has 2 aromatic rings. The van der Waals surface area contributed by atoms with Gasteiger partial charge in [-0.1, -0.05) is 29.8 Å². The molecule has 0 radical (unpaired) electrons. The van der Waals surface area contributed by atoms with Crippen LogP contribution in [0.1, 0.15) is 28.4 Å². The lowest BCUT2D eigenvalue weighted by Gasteiger charge is -2.13. The van der Waals surface area contributed by atoms with Crippen LogP contribution in [0.4, 0.5) is 4.39 Å². The smallest absolute Gasteiger partial charge is 0.184 e. The van der Waals surface area contributed by atoms with Gasteiger partial charge < -0.3 is 4.74 Å². The normalized spacial score (nSPS) is 12.0. The summed E-state index contributed by atoms with van der Waals surface area (Å²) in [5.74, 6) is -0.117. The van der Waals surface area contributed by atoms with Crippen LogP contribution in [0.3, 0.4) is 0 Å². The van der Waals surface area contributed by atoms with Crippen LogP contribution in [0.2, 0.25) is 0 Å². The van der Waals surface area contributed by atoms with E-state index in [1.165, 1.54) is 6.07 Å². The molecule has 0 aliphatic rings. The van der Waals surface area contributed by atoms with Gasteiger partial charge in [-0.05, 0) is 32.0 Å². The molecule has 4 heteroatoms. The van der Waals surface area contributed by atoms with Crippen molar-refractivity contribution in [2.75, 3.05) is 0 Å². The van der Waals surface area contributed by atoms with Crippen molar-refractivity contribution < 1.29 is 13.9 Å². The Balaban J connectivity index is 2.24. The Morgan fingerprint density at radius 2 is 2.00 bits per heavy atom. The van der Waals surface area contributed by atoms with Crippen molar-refractivity contribution in [3.8, 4) is 5.75 Å². The van der Waals surface area contributed by atoms with E-state index in [0.717, 1.165) is 5.56 Å². The molecule has 21 heavy (non-hydrogen) atoms. The van der Waals surface area contributed by atoms with E-state index in [-0.39, 0.29) is 18.2 Å². The molecule has 0 saturated heterocycles. The Labute approximate surface area is 128 Å². The van der Waals surface area contributed by atoms with E-state index in [1.807, 2.05) is 13.0 Å². The summed E-state index contributed by atoms with van der Waals surface area (Å²) in [7, 11) is 0. The number of hydrogen-bond donors (Lipinski definition) is 0. The van der Waals surface area contributed by atoms with E-state index < -0.39 is 5.38 Å². The van der Waals surface area contributed by atoms with Crippen LogP contribution >= 0.6 is 11.6 Å². The molecule has 0 aromatic heterocycles. The number of benzene rings is 2. The Bertz CT molecular complexity index is 653. The van der Waals surface area contributed by atoms with E-state index in [0.29, 0.717) is 16.9 Å². The minimum atomic E-state index is -0.636. The van der Waals surface area contributed by atoms with Gasteiger partial charge in [0.15, 0.2) is 5.78 Å². The molecule has 0 N–H and O–H groups in total. The third-order valence-electron chi connectivity index (χ3n) is 3.10. The Hall–Kier alpha value is -1.87. The first-order valence-corrected chi connectivity index (χ1v) is 7.08. The molecule has 2 rings (SSSR count). The van der Waals surface area contributed by atoms with Gasteiger partial charge in [0.25, 0.3) is 0 Å². The van der Waals surface area contributed by atoms with Crippen LogP contribution in [0.25, 0.3) is 0 Å². The zero-order chi connectivity index (χ0) is 15.4. The average Bonchev–Trinajstić information content (AvgIpc) is 2.46. The van der Waals surface area contributed by atoms with Gasteiger partial charge in [-0.3, -0.25) is 4.79 Å². The minimum Gasteiger partial charge on any atom is -0.488 e. The Morgan fingerprint density at radius 1 is 1.29 bits per heavy atom. The van der Waals surface area contributed by atoms with E-state index >= 15 is 0 Å². The zero-order valence-corrected chi connectivity index (χ0v) is 12.7. The summed E-state index contributed by atoms with van der Waals surface area (Å²) in [5.41, 5.74) is 1.80. The molecule has 0 heterocycles. The first-order valence-electron chi connectivity index (χ1n) is 6.64. The lowest BCUT2D eigenvalue weighted by molar-refractivity contribution is 0.0987. The van der Waals surface area contributed by atoms with Crippen molar-refractivity contribution in [2.24, 2.45) is 0 Å². The molecule has 2 aromatic carbocycles. The first-order chi connectivity index (χ1) is 9.99. The molecule has 0 fully saturated rings. The van der Waals surface area contributed by atoms with Crippen molar-refractivity contribution in [3.63, 3.8) is 0 Å². The van der Waals surface area contributed by atoms with E-state index in [1.54, 1.807) is 37.3 Å². The predicted molar refractivity (Wildman–Crippen MR) is 81.6 cm³/mol. The Morgan fingerprint density at radius 3 is 2.67 bits per heavy atom. The number of carbonyl (C=O) groups is 1. The lowest BCUT2D eigenvalue weighted by atomic mass is 10.0. The number of halogens is 2. The fourth-order valence-electron chi connectivity index (χ4n) is 1.95. The van der Waals surface area contributed by atoms with Gasteiger partial charge in [0, 0.05) is 5.56 Å². The van der Waals surface area contributed by atoms with Crippen molar-refractivity contribution in [2.45, 2.75) is 25.8 Å². The van der Waals surface area contributed by atoms with Gasteiger partial charge in [-0.15, -0.1) is 11.6 Å². The van der Waals surface area contributed by atoms with E-state index in [2.05, 4.69) is 0 Å². The van der Waals surface area contributed by atoms with E-state index in [4.69, 9.17) is 16.3 Å². The highest BCUT2D eigenvalue weighted by atomic mass is 35.5. The molecule has 110 valence electrons. The van der Waals surface area contributed by atoms with E-state index in [9.17, 15) is 9.18 Å². The molecule has 1 unspecified atom stereocenters. The monoisotopic (exact) mass is 306 g/mol. The molecule has 2 nitrogen and oxygen atoms in total. The number of ether oxygens (including phenoxy) is 1. The second kappa shape index (κ2) is 6.72. The second-order valence-corrected chi connectivity index (χ2v) is 5.51. The van der Waals surface area contributed by atoms with Crippen LogP contribution in [-0.4, -0.2) is 11.2 Å². The third kappa shape index (κ3) is 3.82.